The smallest absolute Gasteiger partial charge is 0.325 e. The molecular weight excluding hydrogens is 358 g/mol. The fraction of sp³-hybridized carbons (Fsp3) is 0.476. The molecule has 1 aliphatic carbocycles. The Hall–Kier alpha value is -2.83. The average Bonchev–Trinajstić information content (AvgIpc) is 3.36. The monoisotopic (exact) mass is 383 g/mol. The first-order valence-electron chi connectivity index (χ1n) is 9.90. The first-order chi connectivity index (χ1) is 13.5. The number of fused-ring (bicyclic) bond motifs is 1. The Morgan fingerprint density at radius 3 is 2.79 bits per heavy atom. The minimum Gasteiger partial charge on any atom is -0.459 e. The van der Waals surface area contributed by atoms with Gasteiger partial charge in [-0.25, -0.2) is 4.79 Å². The number of furan rings is 1. The Balaban J connectivity index is 1.27. The number of benzene rings is 1. The van der Waals surface area contributed by atoms with Crippen LogP contribution in [0.5, 0.6) is 0 Å². The van der Waals surface area contributed by atoms with Crippen LogP contribution < -0.4 is 10.6 Å². The summed E-state index contributed by atoms with van der Waals surface area (Å²) in [5.41, 5.74) is 0.104. The highest BCUT2D eigenvalue weighted by molar-refractivity contribution is 6.07. The van der Waals surface area contributed by atoms with Crippen molar-refractivity contribution in [2.45, 2.75) is 57.0 Å². The Morgan fingerprint density at radius 2 is 2.04 bits per heavy atom. The van der Waals surface area contributed by atoms with Crippen molar-refractivity contribution in [3.05, 3.63) is 36.1 Å². The number of hydrogen-bond donors (Lipinski definition) is 2. The molecule has 2 fully saturated rings. The Bertz CT molecular complexity index is 880. The molecule has 7 heteroatoms. The molecule has 148 valence electrons. The third-order valence-corrected chi connectivity index (χ3v) is 5.74. The maximum Gasteiger partial charge on any atom is 0.325 e. The molecule has 4 rings (SSSR count). The van der Waals surface area contributed by atoms with Crippen molar-refractivity contribution < 1.29 is 18.8 Å². The van der Waals surface area contributed by atoms with Crippen LogP contribution in [0.2, 0.25) is 0 Å². The summed E-state index contributed by atoms with van der Waals surface area (Å²) >= 11 is 0. The van der Waals surface area contributed by atoms with Gasteiger partial charge in [0.25, 0.3) is 5.91 Å². The van der Waals surface area contributed by atoms with Crippen LogP contribution in [-0.2, 0) is 9.59 Å². The lowest BCUT2D eigenvalue weighted by Gasteiger charge is -2.20. The van der Waals surface area contributed by atoms with Gasteiger partial charge in [0.05, 0.1) is 6.04 Å². The number of nitrogens with zero attached hydrogens (tertiary/aromatic N) is 1. The van der Waals surface area contributed by atoms with Gasteiger partial charge >= 0.3 is 6.03 Å². The Kier molecular flexibility index (Phi) is 4.83. The predicted molar refractivity (Wildman–Crippen MR) is 103 cm³/mol. The van der Waals surface area contributed by atoms with E-state index in [0.29, 0.717) is 25.0 Å². The molecule has 2 aliphatic rings. The van der Waals surface area contributed by atoms with Gasteiger partial charge in [0, 0.05) is 18.4 Å². The van der Waals surface area contributed by atoms with Gasteiger partial charge in [0.1, 0.15) is 16.9 Å². The lowest BCUT2D eigenvalue weighted by molar-refractivity contribution is -0.131. The van der Waals surface area contributed by atoms with Crippen LogP contribution >= 0.6 is 0 Å². The second-order valence-electron chi connectivity index (χ2n) is 7.76. The third-order valence-electron chi connectivity index (χ3n) is 5.74. The van der Waals surface area contributed by atoms with E-state index in [4.69, 9.17) is 4.42 Å². The van der Waals surface area contributed by atoms with E-state index in [1.807, 2.05) is 37.3 Å². The van der Waals surface area contributed by atoms with Crippen LogP contribution in [0.3, 0.4) is 0 Å². The molecule has 1 atom stereocenters. The zero-order chi connectivity index (χ0) is 19.7. The van der Waals surface area contributed by atoms with Gasteiger partial charge in [-0.15, -0.1) is 0 Å². The number of imide groups is 1. The van der Waals surface area contributed by atoms with E-state index in [-0.39, 0.29) is 36.9 Å². The van der Waals surface area contributed by atoms with Crippen molar-refractivity contribution in [2.75, 3.05) is 6.54 Å². The predicted octanol–water partition coefficient (Wildman–Crippen LogP) is 3.25. The lowest BCUT2D eigenvalue weighted by Crippen LogP contribution is -2.44. The van der Waals surface area contributed by atoms with Crippen molar-refractivity contribution in [2.24, 2.45) is 0 Å². The topological polar surface area (TPSA) is 91.7 Å². The summed E-state index contributed by atoms with van der Waals surface area (Å²) in [5, 5.41) is 6.77. The highest BCUT2D eigenvalue weighted by Crippen LogP contribution is 2.35. The minimum atomic E-state index is -0.685. The second kappa shape index (κ2) is 7.30. The maximum absolute atomic E-state index is 12.6. The number of carbonyl (C=O) groups is 3. The average molecular weight is 383 g/mol. The second-order valence-corrected chi connectivity index (χ2v) is 7.76. The normalized spacial score (nSPS) is 19.4. The largest absolute Gasteiger partial charge is 0.459 e. The Morgan fingerprint density at radius 1 is 1.29 bits per heavy atom. The van der Waals surface area contributed by atoms with Gasteiger partial charge in [0.2, 0.25) is 5.91 Å². The van der Waals surface area contributed by atoms with E-state index in [2.05, 4.69) is 10.6 Å². The van der Waals surface area contributed by atoms with E-state index < -0.39 is 5.54 Å². The summed E-state index contributed by atoms with van der Waals surface area (Å²) < 4.78 is 5.78. The summed E-state index contributed by atoms with van der Waals surface area (Å²) in [6, 6.07) is 9.05. The van der Waals surface area contributed by atoms with Crippen molar-refractivity contribution in [3.63, 3.8) is 0 Å². The van der Waals surface area contributed by atoms with E-state index in [1.165, 1.54) is 4.90 Å². The highest BCUT2D eigenvalue weighted by atomic mass is 16.3. The molecule has 1 aromatic heterocycles. The molecule has 7 nitrogen and oxygen atoms in total. The van der Waals surface area contributed by atoms with Crippen molar-refractivity contribution in [1.29, 1.82) is 0 Å². The number of nitrogens with one attached hydrogen (secondary N) is 2. The highest BCUT2D eigenvalue weighted by Gasteiger charge is 2.52. The van der Waals surface area contributed by atoms with E-state index in [0.717, 1.165) is 23.8 Å². The zero-order valence-corrected chi connectivity index (χ0v) is 16.0. The van der Waals surface area contributed by atoms with Gasteiger partial charge in [-0.05, 0) is 38.3 Å². The minimum absolute atomic E-state index is 0.129. The Labute approximate surface area is 163 Å². The number of urea groups is 1. The molecule has 4 amide bonds. The summed E-state index contributed by atoms with van der Waals surface area (Å²) in [4.78, 5) is 38.3. The molecule has 1 saturated carbocycles. The fourth-order valence-corrected chi connectivity index (χ4v) is 4.20. The summed E-state index contributed by atoms with van der Waals surface area (Å²) in [7, 11) is 0. The van der Waals surface area contributed by atoms with Gasteiger partial charge in [0.15, 0.2) is 0 Å². The van der Waals surface area contributed by atoms with E-state index >= 15 is 0 Å². The zero-order valence-electron chi connectivity index (χ0n) is 16.0. The summed E-state index contributed by atoms with van der Waals surface area (Å²) in [5.74, 6) is 0.438. The standard InChI is InChI=1S/C21H25N3O4/c1-14(17-13-15-7-2-3-8-16(15)28-17)22-18(25)9-6-12-24-19(26)21(23-20(24)27)10-4-5-11-21/h2-3,7-8,13-14H,4-6,9-12H2,1H3,(H,22,25)(H,23,27)/t14-/m1/s1. The molecule has 0 radical (unpaired) electrons. The van der Waals surface area contributed by atoms with Crippen LogP contribution in [0.1, 0.15) is 57.3 Å². The van der Waals surface area contributed by atoms with Crippen molar-refractivity contribution in [3.8, 4) is 0 Å². The third kappa shape index (κ3) is 3.37. The fourth-order valence-electron chi connectivity index (χ4n) is 4.20. The molecule has 0 unspecified atom stereocenters. The van der Waals surface area contributed by atoms with Crippen LogP contribution in [0.15, 0.2) is 34.7 Å². The summed E-state index contributed by atoms with van der Waals surface area (Å²) in [6.45, 7) is 2.13. The molecule has 1 spiro atoms. The number of para-hydroxylation sites is 1. The van der Waals surface area contributed by atoms with Crippen molar-refractivity contribution >= 4 is 28.8 Å². The molecular formula is C21H25N3O4. The van der Waals surface area contributed by atoms with Crippen molar-refractivity contribution in [1.82, 2.24) is 15.5 Å². The molecule has 1 aromatic carbocycles. The number of amides is 4. The van der Waals surface area contributed by atoms with E-state index in [9.17, 15) is 14.4 Å². The summed E-state index contributed by atoms with van der Waals surface area (Å²) in [6.07, 6.45) is 4.03. The SMILES string of the molecule is C[C@@H](NC(=O)CCCN1C(=O)NC2(CCCC2)C1=O)c1cc2ccccc2o1. The van der Waals surface area contributed by atoms with Gasteiger partial charge in [-0.3, -0.25) is 14.5 Å². The molecule has 28 heavy (non-hydrogen) atoms. The molecule has 2 N–H and O–H groups in total. The van der Waals surface area contributed by atoms with Gasteiger partial charge in [-0.2, -0.15) is 0 Å². The van der Waals surface area contributed by atoms with Gasteiger partial charge < -0.3 is 15.1 Å². The molecule has 1 aliphatic heterocycles. The number of carbonyl (C=O) groups excluding carboxylic acids is 3. The van der Waals surface area contributed by atoms with Gasteiger partial charge in [-0.1, -0.05) is 31.0 Å². The van der Waals surface area contributed by atoms with E-state index in [1.54, 1.807) is 0 Å². The van der Waals surface area contributed by atoms with Crippen LogP contribution in [-0.4, -0.2) is 34.8 Å². The number of rotatable bonds is 6. The first kappa shape index (κ1) is 18.5. The van der Waals surface area contributed by atoms with Crippen LogP contribution in [0, 0.1) is 0 Å². The molecule has 2 aromatic rings. The first-order valence-corrected chi connectivity index (χ1v) is 9.90. The molecule has 2 heterocycles. The maximum atomic E-state index is 12.6. The van der Waals surface area contributed by atoms with Crippen LogP contribution in [0.25, 0.3) is 11.0 Å². The molecule has 1 saturated heterocycles. The molecule has 0 bridgehead atoms. The lowest BCUT2D eigenvalue weighted by atomic mass is 9.98. The quantitative estimate of drug-likeness (QED) is 0.749. The number of hydrogen-bond acceptors (Lipinski definition) is 4. The van der Waals surface area contributed by atoms with Crippen LogP contribution in [0.4, 0.5) is 4.79 Å².